The Morgan fingerprint density at radius 2 is 1.89 bits per heavy atom. The van der Waals surface area contributed by atoms with Crippen LogP contribution in [0, 0.1) is 0 Å². The first-order chi connectivity index (χ1) is 13.6. The molecule has 0 atom stereocenters. The molecule has 0 spiro atoms. The molecule has 2 aromatic carbocycles. The van der Waals surface area contributed by atoms with E-state index in [2.05, 4.69) is 0 Å². The van der Waals surface area contributed by atoms with Gasteiger partial charge < -0.3 is 23.8 Å². The Morgan fingerprint density at radius 1 is 1.07 bits per heavy atom. The molecule has 0 unspecified atom stereocenters. The topological polar surface area (TPSA) is 57.2 Å². The first-order valence-corrected chi connectivity index (χ1v) is 9.39. The molecule has 0 aliphatic carbocycles. The number of halogens is 1. The monoisotopic (exact) mass is 401 g/mol. The second kappa shape index (κ2) is 8.02. The van der Waals surface area contributed by atoms with E-state index < -0.39 is 0 Å². The minimum absolute atomic E-state index is 0.124. The number of amides is 1. The summed E-state index contributed by atoms with van der Waals surface area (Å²) in [7, 11) is 1.75. The summed E-state index contributed by atoms with van der Waals surface area (Å²) in [4.78, 5) is 14.1. The Balaban J connectivity index is 1.43. The third-order valence-electron chi connectivity index (χ3n) is 4.48. The zero-order valence-corrected chi connectivity index (χ0v) is 16.2. The molecule has 0 saturated heterocycles. The molecule has 4 rings (SSSR count). The third kappa shape index (κ3) is 4.02. The Bertz CT molecular complexity index is 927. The van der Waals surface area contributed by atoms with Crippen LogP contribution in [-0.4, -0.2) is 37.9 Å². The molecule has 2 heterocycles. The van der Waals surface area contributed by atoms with E-state index in [0.29, 0.717) is 42.0 Å². The lowest BCUT2D eigenvalue weighted by atomic mass is 10.1. The highest BCUT2D eigenvalue weighted by Gasteiger charge is 2.16. The summed E-state index contributed by atoms with van der Waals surface area (Å²) in [6.07, 6.45) is 4.04. The van der Waals surface area contributed by atoms with Crippen molar-refractivity contribution in [1.82, 2.24) is 4.90 Å². The summed E-state index contributed by atoms with van der Waals surface area (Å²) in [5.74, 6) is 2.47. The standard InChI is InChI=1S/C21H20ClNO5/c1-23(12-15-3-5-17-18(11-15)28-13-27-17)20(24)6-4-14-9-16(22)21-19(10-14)25-7-2-8-26-21/h3-6,9-11H,2,7-8,12-13H2,1H3/b6-4+. The van der Waals surface area contributed by atoms with Crippen molar-refractivity contribution in [3.8, 4) is 23.0 Å². The average Bonchev–Trinajstić information content (AvgIpc) is 3.01. The maximum absolute atomic E-state index is 12.5. The minimum atomic E-state index is -0.124. The van der Waals surface area contributed by atoms with Crippen LogP contribution in [0.1, 0.15) is 17.5 Å². The van der Waals surface area contributed by atoms with Crippen LogP contribution in [0.3, 0.4) is 0 Å². The van der Waals surface area contributed by atoms with Gasteiger partial charge in [-0.2, -0.15) is 0 Å². The number of hydrogen-bond donors (Lipinski definition) is 0. The summed E-state index contributed by atoms with van der Waals surface area (Å²) in [6.45, 7) is 1.84. The number of fused-ring (bicyclic) bond motifs is 2. The van der Waals surface area contributed by atoms with Crippen LogP contribution >= 0.6 is 11.6 Å². The van der Waals surface area contributed by atoms with E-state index in [9.17, 15) is 4.79 Å². The van der Waals surface area contributed by atoms with Gasteiger partial charge in [0, 0.05) is 26.1 Å². The van der Waals surface area contributed by atoms with Crippen LogP contribution in [0.5, 0.6) is 23.0 Å². The second-order valence-electron chi connectivity index (χ2n) is 6.60. The third-order valence-corrected chi connectivity index (χ3v) is 4.76. The normalized spacial score (nSPS) is 14.8. The Hall–Kier alpha value is -2.86. The first-order valence-electron chi connectivity index (χ1n) is 9.01. The van der Waals surface area contributed by atoms with Crippen LogP contribution in [0.15, 0.2) is 36.4 Å². The summed E-state index contributed by atoms with van der Waals surface area (Å²) in [5.41, 5.74) is 1.74. The van der Waals surface area contributed by atoms with Gasteiger partial charge in [-0.1, -0.05) is 17.7 Å². The van der Waals surface area contributed by atoms with Crippen LogP contribution in [0.25, 0.3) is 6.08 Å². The Labute approximate surface area is 168 Å². The van der Waals surface area contributed by atoms with Gasteiger partial charge in [0.2, 0.25) is 12.7 Å². The maximum Gasteiger partial charge on any atom is 0.246 e. The largest absolute Gasteiger partial charge is 0.489 e. The number of hydrogen-bond acceptors (Lipinski definition) is 5. The molecule has 2 aromatic rings. The van der Waals surface area contributed by atoms with Gasteiger partial charge >= 0.3 is 0 Å². The Kier molecular flexibility index (Phi) is 5.30. The van der Waals surface area contributed by atoms with Crippen molar-refractivity contribution >= 4 is 23.6 Å². The lowest BCUT2D eigenvalue weighted by Crippen LogP contribution is -2.24. The number of benzene rings is 2. The highest BCUT2D eigenvalue weighted by Crippen LogP contribution is 2.38. The number of carbonyl (C=O) groups is 1. The van der Waals surface area contributed by atoms with Crippen LogP contribution in [0.4, 0.5) is 0 Å². The quantitative estimate of drug-likeness (QED) is 0.727. The highest BCUT2D eigenvalue weighted by atomic mass is 35.5. The summed E-state index contributed by atoms with van der Waals surface area (Å²) < 4.78 is 22.0. The van der Waals surface area contributed by atoms with Crippen molar-refractivity contribution < 1.29 is 23.7 Å². The molecule has 146 valence electrons. The summed E-state index contributed by atoms with van der Waals surface area (Å²) in [5, 5.41) is 0.472. The van der Waals surface area contributed by atoms with Crippen molar-refractivity contribution in [3.05, 3.63) is 52.6 Å². The molecular weight excluding hydrogens is 382 g/mol. The molecule has 28 heavy (non-hydrogen) atoms. The van der Waals surface area contributed by atoms with Crippen LogP contribution in [-0.2, 0) is 11.3 Å². The predicted octanol–water partition coefficient (Wildman–Crippen LogP) is 3.90. The Morgan fingerprint density at radius 3 is 2.79 bits per heavy atom. The molecule has 0 radical (unpaired) electrons. The zero-order chi connectivity index (χ0) is 19.5. The first kappa shape index (κ1) is 18.5. The van der Waals surface area contributed by atoms with Gasteiger partial charge in [0.1, 0.15) is 0 Å². The molecule has 2 aliphatic heterocycles. The van der Waals surface area contributed by atoms with E-state index in [-0.39, 0.29) is 12.7 Å². The lowest BCUT2D eigenvalue weighted by Gasteiger charge is -2.15. The maximum atomic E-state index is 12.5. The van der Waals surface area contributed by atoms with Crippen LogP contribution in [0.2, 0.25) is 5.02 Å². The van der Waals surface area contributed by atoms with Gasteiger partial charge in [0.25, 0.3) is 0 Å². The smallest absolute Gasteiger partial charge is 0.246 e. The van der Waals surface area contributed by atoms with Gasteiger partial charge in [-0.25, -0.2) is 0 Å². The van der Waals surface area contributed by atoms with E-state index in [4.69, 9.17) is 30.5 Å². The molecule has 0 bridgehead atoms. The van der Waals surface area contributed by atoms with E-state index in [1.807, 2.05) is 24.3 Å². The number of carbonyl (C=O) groups excluding carboxylic acids is 1. The van der Waals surface area contributed by atoms with Gasteiger partial charge in [-0.05, 0) is 41.5 Å². The fourth-order valence-electron chi connectivity index (χ4n) is 3.03. The molecule has 7 heteroatoms. The number of likely N-dealkylation sites (N-methyl/N-ethyl adjacent to an activating group) is 1. The molecule has 2 aliphatic rings. The van der Waals surface area contributed by atoms with Gasteiger partial charge in [-0.15, -0.1) is 0 Å². The summed E-state index contributed by atoms with van der Waals surface area (Å²) in [6, 6.07) is 9.25. The molecule has 0 saturated carbocycles. The van der Waals surface area contributed by atoms with Crippen molar-refractivity contribution in [1.29, 1.82) is 0 Å². The van der Waals surface area contributed by atoms with Crippen LogP contribution < -0.4 is 18.9 Å². The predicted molar refractivity (Wildman–Crippen MR) is 105 cm³/mol. The SMILES string of the molecule is CN(Cc1ccc2c(c1)OCO2)C(=O)/C=C/c1cc(Cl)c2c(c1)OCCCO2. The fourth-order valence-corrected chi connectivity index (χ4v) is 3.31. The molecule has 6 nitrogen and oxygen atoms in total. The average molecular weight is 402 g/mol. The molecule has 0 aromatic heterocycles. The van der Waals surface area contributed by atoms with E-state index in [0.717, 1.165) is 23.3 Å². The number of ether oxygens (including phenoxy) is 4. The van der Waals surface area contributed by atoms with E-state index >= 15 is 0 Å². The minimum Gasteiger partial charge on any atom is -0.489 e. The van der Waals surface area contributed by atoms with Crippen molar-refractivity contribution in [2.45, 2.75) is 13.0 Å². The molecule has 1 amide bonds. The van der Waals surface area contributed by atoms with Gasteiger partial charge in [-0.3, -0.25) is 4.79 Å². The van der Waals surface area contributed by atoms with Crippen molar-refractivity contribution in [2.24, 2.45) is 0 Å². The van der Waals surface area contributed by atoms with Gasteiger partial charge in [0.15, 0.2) is 23.0 Å². The lowest BCUT2D eigenvalue weighted by molar-refractivity contribution is -0.125. The number of rotatable bonds is 4. The van der Waals surface area contributed by atoms with Gasteiger partial charge in [0.05, 0.1) is 18.2 Å². The zero-order valence-electron chi connectivity index (χ0n) is 15.4. The number of nitrogens with zero attached hydrogens (tertiary/aromatic N) is 1. The molecule has 0 N–H and O–H groups in total. The molecule has 0 fully saturated rings. The van der Waals surface area contributed by atoms with E-state index in [1.165, 1.54) is 6.08 Å². The van der Waals surface area contributed by atoms with E-state index in [1.54, 1.807) is 24.1 Å². The fraction of sp³-hybridized carbons (Fsp3) is 0.286. The molecular formula is C21H20ClNO5. The second-order valence-corrected chi connectivity index (χ2v) is 7.00. The summed E-state index contributed by atoms with van der Waals surface area (Å²) >= 11 is 6.30. The highest BCUT2D eigenvalue weighted by molar-refractivity contribution is 6.32. The van der Waals surface area contributed by atoms with Crippen molar-refractivity contribution in [3.63, 3.8) is 0 Å². The van der Waals surface area contributed by atoms with Crippen molar-refractivity contribution in [2.75, 3.05) is 27.1 Å².